The van der Waals surface area contributed by atoms with Crippen LogP contribution in [0.1, 0.15) is 53.4 Å². The molecule has 3 saturated heterocycles. The molecule has 4 fully saturated rings. The van der Waals surface area contributed by atoms with Crippen molar-refractivity contribution in [1.29, 1.82) is 0 Å². The van der Waals surface area contributed by atoms with Gasteiger partial charge in [0.05, 0.1) is 12.2 Å². The average Bonchev–Trinajstić information content (AvgIpc) is 3.14. The number of fused-ring (bicyclic) bond motifs is 1. The maximum atomic E-state index is 11.0. The monoisotopic (exact) mass is 328 g/mol. The van der Waals surface area contributed by atoms with Crippen LogP contribution < -0.4 is 0 Å². The third-order valence-electron chi connectivity index (χ3n) is 5.49. The summed E-state index contributed by atoms with van der Waals surface area (Å²) in [6.07, 6.45) is 2.22. The maximum Gasteiger partial charge on any atom is 0.164 e. The van der Waals surface area contributed by atoms with Gasteiger partial charge < -0.3 is 28.8 Å². The van der Waals surface area contributed by atoms with Crippen LogP contribution in [0.4, 0.5) is 0 Å². The van der Waals surface area contributed by atoms with Crippen LogP contribution in [0.25, 0.3) is 0 Å². The van der Waals surface area contributed by atoms with Gasteiger partial charge >= 0.3 is 0 Å². The van der Waals surface area contributed by atoms with Gasteiger partial charge in [-0.1, -0.05) is 12.8 Å². The van der Waals surface area contributed by atoms with Crippen LogP contribution in [-0.4, -0.2) is 59.4 Å². The summed E-state index contributed by atoms with van der Waals surface area (Å²) in [7, 11) is 0. The maximum absolute atomic E-state index is 11.0. The van der Waals surface area contributed by atoms with Gasteiger partial charge in [0.25, 0.3) is 0 Å². The van der Waals surface area contributed by atoms with Crippen LogP contribution in [0.2, 0.25) is 0 Å². The minimum Gasteiger partial charge on any atom is -0.387 e. The molecule has 5 atom stereocenters. The molecule has 23 heavy (non-hydrogen) atoms. The standard InChI is InChI=1S/C17H28O6/c1-15(2)19-9-10(21-15)11-12-13(23-16(3,4)22-12)14(20-11)17(18)7-5-6-8-17/h10-14,18H,5-9H2,1-4H3/t10-,11-,12+,13+,14+/m1/s1. The van der Waals surface area contributed by atoms with E-state index in [0.29, 0.717) is 6.61 Å². The van der Waals surface area contributed by atoms with Crippen LogP contribution >= 0.6 is 0 Å². The zero-order chi connectivity index (χ0) is 16.5. The minimum atomic E-state index is -0.823. The molecule has 1 aliphatic carbocycles. The Morgan fingerprint density at radius 1 is 0.826 bits per heavy atom. The summed E-state index contributed by atoms with van der Waals surface area (Å²) in [5, 5.41) is 11.0. The van der Waals surface area contributed by atoms with Gasteiger partial charge in [-0.2, -0.15) is 0 Å². The van der Waals surface area contributed by atoms with Gasteiger partial charge in [0.15, 0.2) is 11.6 Å². The Morgan fingerprint density at radius 3 is 2.09 bits per heavy atom. The molecule has 0 aromatic rings. The molecular formula is C17H28O6. The van der Waals surface area contributed by atoms with Crippen molar-refractivity contribution in [3.8, 4) is 0 Å². The lowest BCUT2D eigenvalue weighted by Gasteiger charge is -2.34. The van der Waals surface area contributed by atoms with E-state index in [4.69, 9.17) is 23.7 Å². The Hall–Kier alpha value is -0.240. The van der Waals surface area contributed by atoms with Gasteiger partial charge in [0, 0.05) is 0 Å². The number of ether oxygens (including phenoxy) is 5. The fraction of sp³-hybridized carbons (Fsp3) is 1.00. The number of aliphatic hydroxyl groups is 1. The zero-order valence-electron chi connectivity index (χ0n) is 14.4. The highest BCUT2D eigenvalue weighted by Gasteiger charge is 2.63. The van der Waals surface area contributed by atoms with E-state index in [-0.39, 0.29) is 30.5 Å². The van der Waals surface area contributed by atoms with E-state index in [0.717, 1.165) is 25.7 Å². The second-order valence-corrected chi connectivity index (χ2v) is 8.26. The van der Waals surface area contributed by atoms with Gasteiger partial charge in [-0.25, -0.2) is 0 Å². The Kier molecular flexibility index (Phi) is 3.62. The zero-order valence-corrected chi connectivity index (χ0v) is 14.4. The van der Waals surface area contributed by atoms with Gasteiger partial charge in [-0.3, -0.25) is 0 Å². The predicted molar refractivity (Wildman–Crippen MR) is 80.8 cm³/mol. The van der Waals surface area contributed by atoms with Crippen molar-refractivity contribution in [3.63, 3.8) is 0 Å². The molecule has 1 saturated carbocycles. The predicted octanol–water partition coefficient (Wildman–Crippen LogP) is 1.73. The van der Waals surface area contributed by atoms with Crippen molar-refractivity contribution < 1.29 is 28.8 Å². The summed E-state index contributed by atoms with van der Waals surface area (Å²) in [5.74, 6) is -1.28. The van der Waals surface area contributed by atoms with Gasteiger partial charge in [-0.05, 0) is 40.5 Å². The fourth-order valence-electron chi connectivity index (χ4n) is 4.51. The molecular weight excluding hydrogens is 300 g/mol. The van der Waals surface area contributed by atoms with Crippen molar-refractivity contribution >= 4 is 0 Å². The average molecular weight is 328 g/mol. The summed E-state index contributed by atoms with van der Waals surface area (Å²) in [6.45, 7) is 8.09. The molecule has 0 spiro atoms. The second-order valence-electron chi connectivity index (χ2n) is 8.26. The quantitative estimate of drug-likeness (QED) is 0.833. The van der Waals surface area contributed by atoms with E-state index in [1.54, 1.807) is 0 Å². The molecule has 3 aliphatic heterocycles. The van der Waals surface area contributed by atoms with Crippen LogP contribution in [0.3, 0.4) is 0 Å². The number of hydrogen-bond acceptors (Lipinski definition) is 6. The van der Waals surface area contributed by atoms with Crippen LogP contribution in [0.5, 0.6) is 0 Å². The van der Waals surface area contributed by atoms with Crippen molar-refractivity contribution in [3.05, 3.63) is 0 Å². The third-order valence-corrected chi connectivity index (χ3v) is 5.49. The summed E-state index contributed by atoms with van der Waals surface area (Å²) in [6, 6.07) is 0. The lowest BCUT2D eigenvalue weighted by atomic mass is 9.90. The topological polar surface area (TPSA) is 66.4 Å². The molecule has 3 heterocycles. The van der Waals surface area contributed by atoms with Crippen molar-refractivity contribution in [2.24, 2.45) is 0 Å². The first-order chi connectivity index (χ1) is 10.7. The summed E-state index contributed by atoms with van der Waals surface area (Å²) in [5.41, 5.74) is -0.823. The molecule has 0 bridgehead atoms. The first kappa shape index (κ1) is 16.2. The number of hydrogen-bond donors (Lipinski definition) is 1. The molecule has 0 aromatic carbocycles. The summed E-state index contributed by atoms with van der Waals surface area (Å²) in [4.78, 5) is 0. The third kappa shape index (κ3) is 2.73. The molecule has 0 radical (unpaired) electrons. The van der Waals surface area contributed by atoms with E-state index in [2.05, 4.69) is 0 Å². The Labute approximate surface area is 137 Å². The van der Waals surface area contributed by atoms with E-state index >= 15 is 0 Å². The summed E-state index contributed by atoms with van der Waals surface area (Å²) >= 11 is 0. The van der Waals surface area contributed by atoms with Gasteiger partial charge in [0.2, 0.25) is 0 Å². The normalized spacial score (nSPS) is 47.1. The van der Waals surface area contributed by atoms with Crippen LogP contribution in [0.15, 0.2) is 0 Å². The van der Waals surface area contributed by atoms with E-state index in [9.17, 15) is 5.11 Å². The van der Waals surface area contributed by atoms with Gasteiger partial charge in [0.1, 0.15) is 30.5 Å². The van der Waals surface area contributed by atoms with Crippen molar-refractivity contribution in [2.75, 3.05) is 6.61 Å². The van der Waals surface area contributed by atoms with Crippen LogP contribution in [-0.2, 0) is 23.7 Å². The molecule has 0 unspecified atom stereocenters. The van der Waals surface area contributed by atoms with E-state index in [1.807, 2.05) is 27.7 Å². The van der Waals surface area contributed by atoms with E-state index in [1.165, 1.54) is 0 Å². The molecule has 4 rings (SSSR count). The minimum absolute atomic E-state index is 0.204. The van der Waals surface area contributed by atoms with Crippen molar-refractivity contribution in [1.82, 2.24) is 0 Å². The molecule has 6 heteroatoms. The Bertz CT molecular complexity index is 470. The highest BCUT2D eigenvalue weighted by Crippen LogP contribution is 2.48. The second kappa shape index (κ2) is 5.13. The summed E-state index contributed by atoms with van der Waals surface area (Å²) < 4.78 is 30.2. The smallest absolute Gasteiger partial charge is 0.164 e. The van der Waals surface area contributed by atoms with Crippen LogP contribution in [0, 0.1) is 0 Å². The Morgan fingerprint density at radius 2 is 1.48 bits per heavy atom. The van der Waals surface area contributed by atoms with Crippen molar-refractivity contribution in [2.45, 2.75) is 101 Å². The highest BCUT2D eigenvalue weighted by atomic mass is 16.8. The molecule has 0 amide bonds. The highest BCUT2D eigenvalue weighted by molar-refractivity contribution is 5.09. The Balaban J connectivity index is 1.59. The lowest BCUT2D eigenvalue weighted by molar-refractivity contribution is -0.226. The molecule has 4 aliphatic rings. The number of rotatable bonds is 2. The molecule has 1 N–H and O–H groups in total. The molecule has 6 nitrogen and oxygen atoms in total. The largest absolute Gasteiger partial charge is 0.387 e. The first-order valence-corrected chi connectivity index (χ1v) is 8.74. The first-order valence-electron chi connectivity index (χ1n) is 8.74. The van der Waals surface area contributed by atoms with Gasteiger partial charge in [-0.15, -0.1) is 0 Å². The molecule has 132 valence electrons. The lowest BCUT2D eigenvalue weighted by Crippen LogP contribution is -2.47. The molecule has 0 aromatic heterocycles. The SMILES string of the molecule is CC1(C)O[C@H]2[C@@H]([C@H]3COC(C)(C)O3)O[C@H](C3(O)CCCC3)[C@H]2O1. The van der Waals surface area contributed by atoms with E-state index < -0.39 is 17.2 Å². The fourth-order valence-corrected chi connectivity index (χ4v) is 4.51.